The van der Waals surface area contributed by atoms with Gasteiger partial charge in [0.05, 0.1) is 12.6 Å². The van der Waals surface area contributed by atoms with Crippen LogP contribution in [0.2, 0.25) is 0 Å². The second kappa shape index (κ2) is 6.31. The molecule has 2 heterocycles. The Balaban J connectivity index is 2.23. The Morgan fingerprint density at radius 3 is 2.61 bits per heavy atom. The van der Waals surface area contributed by atoms with Crippen molar-refractivity contribution < 1.29 is 5.11 Å². The van der Waals surface area contributed by atoms with E-state index in [0.717, 1.165) is 18.7 Å². The zero-order valence-electron chi connectivity index (χ0n) is 13.7. The van der Waals surface area contributed by atoms with Crippen molar-refractivity contribution in [3.05, 3.63) is 26.7 Å². The maximum atomic E-state index is 12.6. The molecule has 0 aliphatic heterocycles. The fourth-order valence-electron chi connectivity index (χ4n) is 3.43. The minimum absolute atomic E-state index is 0.133. The van der Waals surface area contributed by atoms with Crippen molar-refractivity contribution in [1.29, 1.82) is 0 Å². The summed E-state index contributed by atoms with van der Waals surface area (Å²) in [5.41, 5.74) is 0.0379. The van der Waals surface area contributed by atoms with Gasteiger partial charge in [-0.05, 0) is 26.2 Å². The zero-order chi connectivity index (χ0) is 16.6. The van der Waals surface area contributed by atoms with Crippen molar-refractivity contribution >= 4 is 11.2 Å². The molecular formula is C16H24N4O3. The van der Waals surface area contributed by atoms with Crippen LogP contribution in [0, 0.1) is 0 Å². The van der Waals surface area contributed by atoms with Crippen molar-refractivity contribution in [3.8, 4) is 0 Å². The van der Waals surface area contributed by atoms with E-state index in [-0.39, 0.29) is 12.1 Å². The van der Waals surface area contributed by atoms with Crippen LogP contribution in [0.4, 0.5) is 0 Å². The van der Waals surface area contributed by atoms with Gasteiger partial charge in [-0.25, -0.2) is 9.78 Å². The van der Waals surface area contributed by atoms with Gasteiger partial charge < -0.3 is 10.1 Å². The van der Waals surface area contributed by atoms with Crippen LogP contribution in [0.5, 0.6) is 0 Å². The number of rotatable bonds is 5. The number of aliphatic hydroxyl groups excluding tert-OH is 1. The highest BCUT2D eigenvalue weighted by atomic mass is 16.3. The van der Waals surface area contributed by atoms with E-state index in [0.29, 0.717) is 30.0 Å². The fourth-order valence-corrected chi connectivity index (χ4v) is 3.43. The molecule has 7 nitrogen and oxygen atoms in total. The van der Waals surface area contributed by atoms with E-state index in [2.05, 4.69) is 9.97 Å². The first kappa shape index (κ1) is 16.0. The Morgan fingerprint density at radius 2 is 2.00 bits per heavy atom. The Kier molecular flexibility index (Phi) is 4.39. The van der Waals surface area contributed by atoms with Crippen LogP contribution in [-0.4, -0.2) is 30.3 Å². The molecule has 2 aromatic heterocycles. The van der Waals surface area contributed by atoms with E-state index in [1.165, 1.54) is 22.0 Å². The van der Waals surface area contributed by atoms with E-state index in [4.69, 9.17) is 0 Å². The average molecular weight is 320 g/mol. The van der Waals surface area contributed by atoms with Gasteiger partial charge in [-0.3, -0.25) is 13.9 Å². The number of aromatic amines is 1. The number of H-pyrrole nitrogens is 1. The first-order valence-electron chi connectivity index (χ1n) is 8.44. The number of imidazole rings is 1. The molecule has 7 heteroatoms. The molecule has 1 saturated carbocycles. The van der Waals surface area contributed by atoms with Crippen LogP contribution < -0.4 is 11.2 Å². The van der Waals surface area contributed by atoms with Crippen LogP contribution in [0.3, 0.4) is 0 Å². The molecule has 1 unspecified atom stereocenters. The summed E-state index contributed by atoms with van der Waals surface area (Å²) >= 11 is 0. The summed E-state index contributed by atoms with van der Waals surface area (Å²) in [4.78, 5) is 33.0. The Hall–Kier alpha value is -1.89. The van der Waals surface area contributed by atoms with Crippen LogP contribution in [0.25, 0.3) is 11.2 Å². The third-order valence-corrected chi connectivity index (χ3v) is 4.52. The third kappa shape index (κ3) is 2.85. The highest BCUT2D eigenvalue weighted by Crippen LogP contribution is 2.32. The maximum absolute atomic E-state index is 12.6. The average Bonchev–Trinajstić information content (AvgIpc) is 3.16. The Labute approximate surface area is 134 Å². The molecule has 2 aromatic rings. The third-order valence-electron chi connectivity index (χ3n) is 4.52. The van der Waals surface area contributed by atoms with Gasteiger partial charge in [-0.2, -0.15) is 0 Å². The van der Waals surface area contributed by atoms with Crippen LogP contribution >= 0.6 is 0 Å². The van der Waals surface area contributed by atoms with Crippen molar-refractivity contribution in [2.45, 2.75) is 71.1 Å². The fraction of sp³-hybridized carbons (Fsp3) is 0.688. The molecule has 126 valence electrons. The number of nitrogens with zero attached hydrogens (tertiary/aromatic N) is 3. The Morgan fingerprint density at radius 1 is 1.30 bits per heavy atom. The summed E-state index contributed by atoms with van der Waals surface area (Å²) in [6.45, 7) is 4.05. The number of nitrogens with one attached hydrogen (secondary N) is 1. The molecule has 1 atom stereocenters. The minimum Gasteiger partial charge on any atom is -0.392 e. The molecule has 0 aromatic carbocycles. The van der Waals surface area contributed by atoms with E-state index in [1.807, 2.05) is 6.92 Å². The summed E-state index contributed by atoms with van der Waals surface area (Å²) in [5, 5.41) is 9.71. The van der Waals surface area contributed by atoms with Gasteiger partial charge in [-0.1, -0.05) is 19.8 Å². The summed E-state index contributed by atoms with van der Waals surface area (Å²) in [6.07, 6.45) is 4.46. The summed E-state index contributed by atoms with van der Waals surface area (Å²) < 4.78 is 2.66. The first-order chi connectivity index (χ1) is 11.0. The highest BCUT2D eigenvalue weighted by molar-refractivity contribution is 5.70. The second-order valence-corrected chi connectivity index (χ2v) is 6.50. The maximum Gasteiger partial charge on any atom is 0.332 e. The number of aromatic nitrogens is 4. The van der Waals surface area contributed by atoms with Gasteiger partial charge in [0.2, 0.25) is 0 Å². The molecule has 0 radical (unpaired) electrons. The lowest BCUT2D eigenvalue weighted by Gasteiger charge is -2.11. The van der Waals surface area contributed by atoms with Gasteiger partial charge >= 0.3 is 5.69 Å². The highest BCUT2D eigenvalue weighted by Gasteiger charge is 2.24. The molecule has 2 N–H and O–H groups in total. The molecular weight excluding hydrogens is 296 g/mol. The van der Waals surface area contributed by atoms with E-state index < -0.39 is 11.8 Å². The second-order valence-electron chi connectivity index (χ2n) is 6.50. The van der Waals surface area contributed by atoms with Crippen LogP contribution in [0.15, 0.2) is 9.59 Å². The molecule has 0 bridgehead atoms. The lowest BCUT2D eigenvalue weighted by Crippen LogP contribution is -2.41. The summed E-state index contributed by atoms with van der Waals surface area (Å²) in [5.74, 6) is 1.12. The normalized spacial score (nSPS) is 17.2. The van der Waals surface area contributed by atoms with Crippen molar-refractivity contribution in [2.24, 2.45) is 0 Å². The van der Waals surface area contributed by atoms with Gasteiger partial charge in [0.25, 0.3) is 5.56 Å². The molecule has 0 amide bonds. The van der Waals surface area contributed by atoms with Crippen molar-refractivity contribution in [2.75, 3.05) is 0 Å². The van der Waals surface area contributed by atoms with Crippen molar-refractivity contribution in [3.63, 3.8) is 0 Å². The quantitative estimate of drug-likeness (QED) is 0.869. The standard InChI is InChI=1S/C16H24N4O3/c1-3-8-19-15(22)12-14(20(16(19)23)9-10(2)21)18-13(17-12)11-6-4-5-7-11/h10-11,21H,3-9H2,1-2H3,(H,17,18). The van der Waals surface area contributed by atoms with Gasteiger partial charge in [-0.15, -0.1) is 0 Å². The molecule has 1 fully saturated rings. The minimum atomic E-state index is -0.685. The van der Waals surface area contributed by atoms with Gasteiger partial charge in [0.15, 0.2) is 5.65 Å². The number of hydrogen-bond acceptors (Lipinski definition) is 4. The topological polar surface area (TPSA) is 92.9 Å². The largest absolute Gasteiger partial charge is 0.392 e. The predicted molar refractivity (Wildman–Crippen MR) is 87.8 cm³/mol. The zero-order valence-corrected chi connectivity index (χ0v) is 13.7. The molecule has 1 aliphatic rings. The number of aliphatic hydroxyl groups is 1. The lowest BCUT2D eigenvalue weighted by atomic mass is 10.1. The Bertz CT molecular complexity index is 809. The lowest BCUT2D eigenvalue weighted by molar-refractivity contribution is 0.172. The summed E-state index contributed by atoms with van der Waals surface area (Å²) in [6, 6.07) is 0. The van der Waals surface area contributed by atoms with Crippen molar-refractivity contribution in [1.82, 2.24) is 19.1 Å². The molecule has 0 saturated heterocycles. The number of hydrogen-bond donors (Lipinski definition) is 2. The van der Waals surface area contributed by atoms with Gasteiger partial charge in [0, 0.05) is 12.5 Å². The van der Waals surface area contributed by atoms with E-state index in [9.17, 15) is 14.7 Å². The van der Waals surface area contributed by atoms with E-state index in [1.54, 1.807) is 6.92 Å². The molecule has 1 aliphatic carbocycles. The van der Waals surface area contributed by atoms with E-state index >= 15 is 0 Å². The van der Waals surface area contributed by atoms with Crippen LogP contribution in [-0.2, 0) is 13.1 Å². The van der Waals surface area contributed by atoms with Gasteiger partial charge in [0.1, 0.15) is 11.3 Å². The van der Waals surface area contributed by atoms with Crippen LogP contribution in [0.1, 0.15) is 57.7 Å². The SMILES string of the molecule is CCCn1c(=O)c2[nH]c(C3CCCC3)nc2n(CC(C)O)c1=O. The molecule has 23 heavy (non-hydrogen) atoms. The monoisotopic (exact) mass is 320 g/mol. The molecule has 0 spiro atoms. The summed E-state index contributed by atoms with van der Waals surface area (Å²) in [7, 11) is 0. The first-order valence-corrected chi connectivity index (χ1v) is 8.44. The number of fused-ring (bicyclic) bond motifs is 1. The molecule has 3 rings (SSSR count). The smallest absolute Gasteiger partial charge is 0.332 e. The predicted octanol–water partition coefficient (Wildman–Crippen LogP) is 1.33.